The second-order valence-corrected chi connectivity index (χ2v) is 7.10. The van der Waals surface area contributed by atoms with E-state index >= 15 is 0 Å². The number of rotatable bonds is 3. The third-order valence-corrected chi connectivity index (χ3v) is 4.66. The molecule has 3 aromatic rings. The summed E-state index contributed by atoms with van der Waals surface area (Å²) in [5.41, 5.74) is 3.45. The zero-order valence-electron chi connectivity index (χ0n) is 11.8. The van der Waals surface area contributed by atoms with Crippen LogP contribution in [0.5, 0.6) is 0 Å². The first-order valence-corrected chi connectivity index (χ1v) is 8.67. The molecule has 1 aromatic heterocycles. The highest BCUT2D eigenvalue weighted by Gasteiger charge is 2.07. The lowest BCUT2D eigenvalue weighted by molar-refractivity contribution is 0.102. The van der Waals surface area contributed by atoms with E-state index in [2.05, 4.69) is 32.9 Å². The van der Waals surface area contributed by atoms with E-state index in [0.717, 1.165) is 25.5 Å². The van der Waals surface area contributed by atoms with Crippen LogP contribution >= 0.6 is 33.9 Å². The second-order valence-electron chi connectivity index (χ2n) is 4.79. The van der Waals surface area contributed by atoms with Gasteiger partial charge in [0.1, 0.15) is 0 Å². The fourth-order valence-corrected chi connectivity index (χ4v) is 3.01. The number of hydrogen-bond donors (Lipinski definition) is 1. The average molecular weight is 420 g/mol. The number of halogens is 1. The number of carbonyl (C=O) groups excluding carboxylic acids is 1. The molecule has 0 saturated carbocycles. The normalized spacial score (nSPS) is 10.5. The van der Waals surface area contributed by atoms with Crippen molar-refractivity contribution in [3.63, 3.8) is 0 Å². The molecule has 5 heteroatoms. The molecule has 3 nitrogen and oxygen atoms in total. The first kappa shape index (κ1) is 15.2. The Kier molecular flexibility index (Phi) is 4.54. The molecule has 0 aliphatic carbocycles. The standard InChI is InChI=1S/C17H13IN2OS/c1-11-19-16(10-22-11)12-4-8-15(9-5-12)20-17(21)13-2-6-14(18)7-3-13/h2-10H,1H3,(H,20,21). The van der Waals surface area contributed by atoms with Crippen molar-refractivity contribution in [1.29, 1.82) is 0 Å². The van der Waals surface area contributed by atoms with Gasteiger partial charge in [0.15, 0.2) is 0 Å². The molecule has 0 saturated heterocycles. The number of aryl methyl sites for hydroxylation is 1. The van der Waals surface area contributed by atoms with E-state index in [9.17, 15) is 4.79 Å². The summed E-state index contributed by atoms with van der Waals surface area (Å²) in [5, 5.41) is 5.99. The molecule has 0 spiro atoms. The molecule has 0 aliphatic rings. The fraction of sp³-hybridized carbons (Fsp3) is 0.0588. The molecular formula is C17H13IN2OS. The van der Waals surface area contributed by atoms with Crippen LogP contribution in [0.2, 0.25) is 0 Å². The Morgan fingerprint density at radius 1 is 1.09 bits per heavy atom. The van der Waals surface area contributed by atoms with E-state index in [1.54, 1.807) is 11.3 Å². The Morgan fingerprint density at radius 2 is 1.77 bits per heavy atom. The van der Waals surface area contributed by atoms with Crippen molar-refractivity contribution in [2.45, 2.75) is 6.92 Å². The van der Waals surface area contributed by atoms with Crippen LogP contribution in [0, 0.1) is 10.5 Å². The van der Waals surface area contributed by atoms with Gasteiger partial charge in [0, 0.05) is 25.8 Å². The molecule has 1 amide bonds. The highest BCUT2D eigenvalue weighted by Crippen LogP contribution is 2.23. The first-order valence-electron chi connectivity index (χ1n) is 6.71. The highest BCUT2D eigenvalue weighted by molar-refractivity contribution is 14.1. The molecule has 0 bridgehead atoms. The van der Waals surface area contributed by atoms with Gasteiger partial charge in [-0.2, -0.15) is 0 Å². The van der Waals surface area contributed by atoms with Gasteiger partial charge >= 0.3 is 0 Å². The average Bonchev–Trinajstić information content (AvgIpc) is 2.95. The van der Waals surface area contributed by atoms with Gasteiger partial charge in [0.05, 0.1) is 10.7 Å². The van der Waals surface area contributed by atoms with Crippen molar-refractivity contribution in [2.24, 2.45) is 0 Å². The van der Waals surface area contributed by atoms with Crippen molar-refractivity contribution >= 4 is 45.5 Å². The van der Waals surface area contributed by atoms with Crippen molar-refractivity contribution in [3.8, 4) is 11.3 Å². The molecule has 0 atom stereocenters. The monoisotopic (exact) mass is 420 g/mol. The van der Waals surface area contributed by atoms with Gasteiger partial charge in [-0.05, 0) is 65.9 Å². The van der Waals surface area contributed by atoms with Gasteiger partial charge in [-0.1, -0.05) is 12.1 Å². The number of thiazole rings is 1. The Morgan fingerprint density at radius 3 is 2.36 bits per heavy atom. The molecule has 2 aromatic carbocycles. The lowest BCUT2D eigenvalue weighted by Crippen LogP contribution is -2.11. The van der Waals surface area contributed by atoms with E-state index in [1.165, 1.54) is 0 Å². The Labute approximate surface area is 146 Å². The molecule has 22 heavy (non-hydrogen) atoms. The maximum absolute atomic E-state index is 12.2. The summed E-state index contributed by atoms with van der Waals surface area (Å²) in [5.74, 6) is -0.103. The fourth-order valence-electron chi connectivity index (χ4n) is 2.02. The SMILES string of the molecule is Cc1nc(-c2ccc(NC(=O)c3ccc(I)cc3)cc2)cs1. The minimum atomic E-state index is -0.103. The maximum atomic E-state index is 12.2. The van der Waals surface area contributed by atoms with Crippen LogP contribution in [-0.2, 0) is 0 Å². The Bertz CT molecular complexity index is 794. The van der Waals surface area contributed by atoms with Crippen molar-refractivity contribution in [2.75, 3.05) is 5.32 Å². The van der Waals surface area contributed by atoms with E-state index in [-0.39, 0.29) is 5.91 Å². The lowest BCUT2D eigenvalue weighted by atomic mass is 10.1. The summed E-state index contributed by atoms with van der Waals surface area (Å²) in [6.07, 6.45) is 0. The molecular weight excluding hydrogens is 407 g/mol. The minimum Gasteiger partial charge on any atom is -0.322 e. The van der Waals surface area contributed by atoms with Gasteiger partial charge in [0.2, 0.25) is 0 Å². The van der Waals surface area contributed by atoms with Crippen LogP contribution in [0.1, 0.15) is 15.4 Å². The molecule has 0 fully saturated rings. The predicted octanol–water partition coefficient (Wildman–Crippen LogP) is 4.98. The number of aromatic nitrogens is 1. The quantitative estimate of drug-likeness (QED) is 0.608. The number of amides is 1. The van der Waals surface area contributed by atoms with Crippen molar-refractivity contribution in [1.82, 2.24) is 4.98 Å². The molecule has 110 valence electrons. The van der Waals surface area contributed by atoms with E-state index < -0.39 is 0 Å². The molecule has 3 rings (SSSR count). The molecule has 0 aliphatic heterocycles. The summed E-state index contributed by atoms with van der Waals surface area (Å²) in [7, 11) is 0. The topological polar surface area (TPSA) is 42.0 Å². The van der Waals surface area contributed by atoms with Crippen molar-refractivity contribution < 1.29 is 4.79 Å². The number of benzene rings is 2. The zero-order chi connectivity index (χ0) is 15.5. The van der Waals surface area contributed by atoms with Crippen LogP contribution in [0.3, 0.4) is 0 Å². The third kappa shape index (κ3) is 3.53. The second kappa shape index (κ2) is 6.58. The Balaban J connectivity index is 1.73. The Hall–Kier alpha value is -1.73. The van der Waals surface area contributed by atoms with Gasteiger partial charge < -0.3 is 5.32 Å². The minimum absolute atomic E-state index is 0.103. The summed E-state index contributed by atoms with van der Waals surface area (Å²) >= 11 is 3.85. The van der Waals surface area contributed by atoms with Crippen LogP contribution in [0.15, 0.2) is 53.9 Å². The smallest absolute Gasteiger partial charge is 0.255 e. The largest absolute Gasteiger partial charge is 0.322 e. The van der Waals surface area contributed by atoms with Crippen LogP contribution in [0.4, 0.5) is 5.69 Å². The highest BCUT2D eigenvalue weighted by atomic mass is 127. The number of hydrogen-bond acceptors (Lipinski definition) is 3. The molecule has 0 unspecified atom stereocenters. The number of carbonyl (C=O) groups is 1. The van der Waals surface area contributed by atoms with Crippen molar-refractivity contribution in [3.05, 3.63) is 68.1 Å². The third-order valence-electron chi connectivity index (χ3n) is 3.16. The van der Waals surface area contributed by atoms with Crippen LogP contribution in [-0.4, -0.2) is 10.9 Å². The first-order chi connectivity index (χ1) is 10.6. The van der Waals surface area contributed by atoms with Gasteiger partial charge in [-0.15, -0.1) is 11.3 Å². The summed E-state index contributed by atoms with van der Waals surface area (Å²) in [6.45, 7) is 1.99. The van der Waals surface area contributed by atoms with Gasteiger partial charge in [-0.25, -0.2) is 4.98 Å². The molecule has 0 radical (unpaired) electrons. The number of nitrogens with one attached hydrogen (secondary N) is 1. The lowest BCUT2D eigenvalue weighted by Gasteiger charge is -2.06. The predicted molar refractivity (Wildman–Crippen MR) is 99.4 cm³/mol. The van der Waals surface area contributed by atoms with Gasteiger partial charge in [0.25, 0.3) is 5.91 Å². The number of anilines is 1. The van der Waals surface area contributed by atoms with E-state index in [1.807, 2.05) is 60.8 Å². The zero-order valence-corrected chi connectivity index (χ0v) is 14.8. The summed E-state index contributed by atoms with van der Waals surface area (Å²) in [4.78, 5) is 16.6. The number of nitrogens with zero attached hydrogens (tertiary/aromatic N) is 1. The summed E-state index contributed by atoms with van der Waals surface area (Å²) < 4.78 is 1.11. The molecule has 1 heterocycles. The maximum Gasteiger partial charge on any atom is 0.255 e. The van der Waals surface area contributed by atoms with E-state index in [0.29, 0.717) is 5.56 Å². The summed E-state index contributed by atoms with van der Waals surface area (Å²) in [6, 6.07) is 15.2. The van der Waals surface area contributed by atoms with Gasteiger partial charge in [-0.3, -0.25) is 4.79 Å². The van der Waals surface area contributed by atoms with Crippen LogP contribution < -0.4 is 5.32 Å². The van der Waals surface area contributed by atoms with Crippen LogP contribution in [0.25, 0.3) is 11.3 Å². The van der Waals surface area contributed by atoms with E-state index in [4.69, 9.17) is 0 Å². The molecule has 1 N–H and O–H groups in total.